The van der Waals surface area contributed by atoms with Crippen LogP contribution in [0.1, 0.15) is 18.4 Å². The van der Waals surface area contributed by atoms with E-state index >= 15 is 0 Å². The number of anilines is 1. The van der Waals surface area contributed by atoms with Gasteiger partial charge in [-0.3, -0.25) is 0 Å². The summed E-state index contributed by atoms with van der Waals surface area (Å²) in [5, 5.41) is 5.70. The maximum Gasteiger partial charge on any atom is 0.417 e. The molecule has 7 heteroatoms. The fraction of sp³-hybridized carbons (Fsp3) is 0.417. The third kappa shape index (κ3) is 4.24. The molecule has 0 heterocycles. The Morgan fingerprint density at radius 2 is 2.05 bits per heavy atom. The first kappa shape index (κ1) is 14.4. The summed E-state index contributed by atoms with van der Waals surface area (Å²) in [4.78, 5) is 0. The van der Waals surface area contributed by atoms with Crippen molar-refractivity contribution in [2.75, 3.05) is 11.9 Å². The van der Waals surface area contributed by atoms with Crippen LogP contribution in [0.5, 0.6) is 0 Å². The fourth-order valence-corrected chi connectivity index (χ4v) is 1.98. The van der Waals surface area contributed by atoms with E-state index in [0.717, 1.165) is 12.6 Å². The van der Waals surface area contributed by atoms with Gasteiger partial charge in [0.1, 0.15) is 0 Å². The van der Waals surface area contributed by atoms with Crippen LogP contribution in [0.3, 0.4) is 0 Å². The molecule has 0 aliphatic heterocycles. The molecule has 1 saturated carbocycles. The highest BCUT2D eigenvalue weighted by Crippen LogP contribution is 2.36. The molecule has 104 valence electrons. The van der Waals surface area contributed by atoms with Crippen LogP contribution in [0.2, 0.25) is 5.02 Å². The normalized spacial score (nSPS) is 15.2. The van der Waals surface area contributed by atoms with Crippen molar-refractivity contribution in [3.63, 3.8) is 0 Å². The molecule has 0 unspecified atom stereocenters. The van der Waals surface area contributed by atoms with E-state index < -0.39 is 11.7 Å². The van der Waals surface area contributed by atoms with E-state index in [1.807, 2.05) is 0 Å². The molecule has 0 amide bonds. The van der Waals surface area contributed by atoms with Gasteiger partial charge in [-0.1, -0.05) is 11.6 Å². The first-order chi connectivity index (χ1) is 8.86. The SMILES string of the molecule is FC(F)(F)c1cc(NC(=S)NCC2CC2)ccc1Cl. The molecule has 2 nitrogen and oxygen atoms in total. The van der Waals surface area contributed by atoms with Gasteiger partial charge in [-0.05, 0) is 49.2 Å². The average molecular weight is 309 g/mol. The first-order valence-electron chi connectivity index (χ1n) is 5.78. The van der Waals surface area contributed by atoms with Crippen molar-refractivity contribution in [1.82, 2.24) is 5.32 Å². The molecule has 0 radical (unpaired) electrons. The average Bonchev–Trinajstić information content (AvgIpc) is 3.11. The van der Waals surface area contributed by atoms with Crippen LogP contribution in [0.15, 0.2) is 18.2 Å². The Balaban J connectivity index is 2.01. The standard InChI is InChI=1S/C12H12ClF3N2S/c13-10-4-3-8(5-9(10)12(14,15)16)18-11(19)17-6-7-1-2-7/h3-5,7H,1-2,6H2,(H2,17,18,19). The van der Waals surface area contributed by atoms with Crippen molar-refractivity contribution in [3.8, 4) is 0 Å². The molecule has 2 N–H and O–H groups in total. The van der Waals surface area contributed by atoms with E-state index in [4.69, 9.17) is 23.8 Å². The molecule has 2 rings (SSSR count). The van der Waals surface area contributed by atoms with Crippen LogP contribution in [0.4, 0.5) is 18.9 Å². The number of halogens is 4. The lowest BCUT2D eigenvalue weighted by molar-refractivity contribution is -0.137. The Morgan fingerprint density at radius 1 is 1.37 bits per heavy atom. The van der Waals surface area contributed by atoms with Crippen LogP contribution in [-0.2, 0) is 6.18 Å². The molecule has 1 aliphatic carbocycles. The minimum absolute atomic E-state index is 0.269. The van der Waals surface area contributed by atoms with Gasteiger partial charge in [-0.25, -0.2) is 0 Å². The summed E-state index contributed by atoms with van der Waals surface area (Å²) in [5.74, 6) is 0.635. The summed E-state index contributed by atoms with van der Waals surface area (Å²) < 4.78 is 38.0. The zero-order chi connectivity index (χ0) is 14.0. The number of hydrogen-bond acceptors (Lipinski definition) is 1. The highest BCUT2D eigenvalue weighted by Gasteiger charge is 2.33. The van der Waals surface area contributed by atoms with Crippen LogP contribution in [0.25, 0.3) is 0 Å². The van der Waals surface area contributed by atoms with E-state index in [2.05, 4.69) is 10.6 Å². The van der Waals surface area contributed by atoms with Crippen molar-refractivity contribution < 1.29 is 13.2 Å². The summed E-state index contributed by atoms with van der Waals surface area (Å²) in [5.41, 5.74) is -0.603. The predicted molar refractivity (Wildman–Crippen MR) is 73.4 cm³/mol. The molecule has 0 aromatic heterocycles. The maximum absolute atomic E-state index is 12.7. The lowest BCUT2D eigenvalue weighted by atomic mass is 10.2. The van der Waals surface area contributed by atoms with Crippen molar-refractivity contribution in [1.29, 1.82) is 0 Å². The van der Waals surface area contributed by atoms with Gasteiger partial charge in [-0.2, -0.15) is 13.2 Å². The van der Waals surface area contributed by atoms with Gasteiger partial charge in [0, 0.05) is 12.2 Å². The zero-order valence-corrected chi connectivity index (χ0v) is 11.4. The van der Waals surface area contributed by atoms with Gasteiger partial charge in [0.15, 0.2) is 5.11 Å². The molecule has 0 saturated heterocycles. The quantitative estimate of drug-likeness (QED) is 0.824. The summed E-state index contributed by atoms with van der Waals surface area (Å²) in [6.45, 7) is 0.756. The molecule has 0 bridgehead atoms. The Morgan fingerprint density at radius 3 is 2.63 bits per heavy atom. The van der Waals surface area contributed by atoms with Crippen molar-refractivity contribution >= 4 is 34.6 Å². The number of nitrogens with one attached hydrogen (secondary N) is 2. The number of hydrogen-bond donors (Lipinski definition) is 2. The van der Waals surface area contributed by atoms with Crippen molar-refractivity contribution in [2.24, 2.45) is 5.92 Å². The van der Waals surface area contributed by atoms with Gasteiger partial charge in [0.25, 0.3) is 0 Å². The zero-order valence-electron chi connectivity index (χ0n) is 9.85. The topological polar surface area (TPSA) is 24.1 Å². The molecule has 1 fully saturated rings. The molecule has 19 heavy (non-hydrogen) atoms. The van der Waals surface area contributed by atoms with Gasteiger partial charge in [-0.15, -0.1) is 0 Å². The summed E-state index contributed by atoms with van der Waals surface area (Å²) in [7, 11) is 0. The monoisotopic (exact) mass is 308 g/mol. The summed E-state index contributed by atoms with van der Waals surface area (Å²) in [6, 6.07) is 3.62. The van der Waals surface area contributed by atoms with Crippen LogP contribution in [-0.4, -0.2) is 11.7 Å². The Kier molecular flexibility index (Phi) is 4.20. The Hall–Kier alpha value is -1.01. The van der Waals surface area contributed by atoms with E-state index in [-0.39, 0.29) is 10.7 Å². The molecule has 1 aliphatic rings. The minimum Gasteiger partial charge on any atom is -0.362 e. The van der Waals surface area contributed by atoms with Crippen LogP contribution >= 0.6 is 23.8 Å². The van der Waals surface area contributed by atoms with Crippen molar-refractivity contribution in [3.05, 3.63) is 28.8 Å². The predicted octanol–water partition coefficient (Wildman–Crippen LogP) is 4.06. The minimum atomic E-state index is -4.47. The highest BCUT2D eigenvalue weighted by atomic mass is 35.5. The number of alkyl halides is 3. The Labute approximate surface area is 119 Å². The van der Waals surface area contributed by atoms with Gasteiger partial charge >= 0.3 is 6.18 Å². The van der Waals surface area contributed by atoms with Crippen molar-refractivity contribution in [2.45, 2.75) is 19.0 Å². The molecule has 1 aromatic carbocycles. The smallest absolute Gasteiger partial charge is 0.362 e. The van der Waals surface area contributed by atoms with E-state index in [9.17, 15) is 13.2 Å². The fourth-order valence-electron chi connectivity index (χ4n) is 1.55. The second kappa shape index (κ2) is 5.54. The third-order valence-corrected chi connectivity index (χ3v) is 3.35. The third-order valence-electron chi connectivity index (χ3n) is 2.78. The Bertz CT molecular complexity index is 486. The van der Waals surface area contributed by atoms with E-state index in [1.165, 1.54) is 25.0 Å². The number of thiocarbonyl (C=S) groups is 1. The van der Waals surface area contributed by atoms with Crippen LogP contribution < -0.4 is 10.6 Å². The molecule has 0 spiro atoms. The maximum atomic E-state index is 12.7. The van der Waals surface area contributed by atoms with Crippen LogP contribution in [0, 0.1) is 5.92 Å². The van der Waals surface area contributed by atoms with E-state index in [0.29, 0.717) is 11.0 Å². The van der Waals surface area contributed by atoms with Gasteiger partial charge in [0.2, 0.25) is 0 Å². The van der Waals surface area contributed by atoms with Gasteiger partial charge < -0.3 is 10.6 Å². The van der Waals surface area contributed by atoms with Gasteiger partial charge in [0.05, 0.1) is 10.6 Å². The molecule has 1 aromatic rings. The number of benzene rings is 1. The van der Waals surface area contributed by atoms with E-state index in [1.54, 1.807) is 0 Å². The summed E-state index contributed by atoms with van der Waals surface area (Å²) >= 11 is 10.5. The summed E-state index contributed by atoms with van der Waals surface area (Å²) in [6.07, 6.45) is -2.12. The second-order valence-electron chi connectivity index (χ2n) is 4.47. The molecular formula is C12H12ClF3N2S. The first-order valence-corrected chi connectivity index (χ1v) is 6.56. The highest BCUT2D eigenvalue weighted by molar-refractivity contribution is 7.80. The number of rotatable bonds is 3. The molecule has 0 atom stereocenters. The lowest BCUT2D eigenvalue weighted by Gasteiger charge is -2.13. The lowest BCUT2D eigenvalue weighted by Crippen LogP contribution is -2.30. The largest absolute Gasteiger partial charge is 0.417 e. The second-order valence-corrected chi connectivity index (χ2v) is 5.29. The molecular weight excluding hydrogens is 297 g/mol.